The summed E-state index contributed by atoms with van der Waals surface area (Å²) < 4.78 is 0. The van der Waals surface area contributed by atoms with Gasteiger partial charge in [0.1, 0.15) is 0 Å². The van der Waals surface area contributed by atoms with Crippen molar-refractivity contribution in [1.82, 2.24) is 21.3 Å². The Kier molecular flexibility index (Phi) is 5.93. The molecule has 2 heterocycles. The molecule has 4 heteroatoms. The van der Waals surface area contributed by atoms with E-state index in [1.807, 2.05) is 18.5 Å². The third-order valence-corrected chi connectivity index (χ3v) is 1.68. The Morgan fingerprint density at radius 2 is 1.62 bits per heavy atom. The molecule has 0 unspecified atom stereocenters. The minimum atomic E-state index is 0.913. The summed E-state index contributed by atoms with van der Waals surface area (Å²) in [6, 6.07) is 0. The van der Waals surface area contributed by atoms with Gasteiger partial charge in [0, 0.05) is 13.1 Å². The van der Waals surface area contributed by atoms with Gasteiger partial charge in [0.25, 0.3) is 0 Å². The lowest BCUT2D eigenvalue weighted by Gasteiger charge is -2.05. The Labute approximate surface area is 79.5 Å². The molecule has 2 aliphatic rings. The largest absolute Gasteiger partial charge is 0.379 e. The van der Waals surface area contributed by atoms with Gasteiger partial charge in [0.2, 0.25) is 0 Å². The van der Waals surface area contributed by atoms with Crippen LogP contribution in [0.2, 0.25) is 0 Å². The molecular formula is C9H18N4. The van der Waals surface area contributed by atoms with Gasteiger partial charge in [-0.1, -0.05) is 12.2 Å². The highest BCUT2D eigenvalue weighted by atomic mass is 15.1. The lowest BCUT2D eigenvalue weighted by Crippen LogP contribution is -2.29. The van der Waals surface area contributed by atoms with Gasteiger partial charge < -0.3 is 10.6 Å². The minimum Gasteiger partial charge on any atom is -0.379 e. The maximum atomic E-state index is 3.17. The number of hydrogen-bond donors (Lipinski definition) is 4. The average Bonchev–Trinajstić information content (AvgIpc) is 2.53. The molecule has 2 aliphatic heterocycles. The number of hydrogen-bond acceptors (Lipinski definition) is 4. The van der Waals surface area contributed by atoms with E-state index in [0.717, 1.165) is 32.8 Å². The first-order valence-electron chi connectivity index (χ1n) is 4.68. The van der Waals surface area contributed by atoms with E-state index in [0.29, 0.717) is 0 Å². The molecule has 74 valence electrons. The lowest BCUT2D eigenvalue weighted by atomic mass is 10.4. The summed E-state index contributed by atoms with van der Waals surface area (Å²) in [5, 5.41) is 12.3. The van der Waals surface area contributed by atoms with Crippen LogP contribution in [0.15, 0.2) is 24.6 Å². The maximum absolute atomic E-state index is 3.17. The summed E-state index contributed by atoms with van der Waals surface area (Å²) in [5.41, 5.74) is 0. The van der Waals surface area contributed by atoms with Crippen molar-refractivity contribution in [2.75, 3.05) is 26.4 Å². The molecule has 0 aromatic rings. The molecule has 0 aliphatic carbocycles. The predicted octanol–water partition coefficient (Wildman–Crippen LogP) is -0.309. The standard InChI is InChI=1S/C5H10N2.C4H8N2/c1-2-4-7-5-6-3-1;1-2-5-4-6-3-1/h1,3,6-7H,2,4-5H2;1-2,5-6H,3-4H2. The van der Waals surface area contributed by atoms with Crippen LogP contribution in [-0.2, 0) is 0 Å². The Balaban J connectivity index is 0.000000132. The van der Waals surface area contributed by atoms with Gasteiger partial charge in [0.15, 0.2) is 0 Å². The Morgan fingerprint density at radius 3 is 2.23 bits per heavy atom. The topological polar surface area (TPSA) is 48.1 Å². The molecule has 2 rings (SSSR count). The summed E-state index contributed by atoms with van der Waals surface area (Å²) in [5.74, 6) is 0. The summed E-state index contributed by atoms with van der Waals surface area (Å²) in [7, 11) is 0. The highest BCUT2D eigenvalue weighted by Crippen LogP contribution is 1.79. The smallest absolute Gasteiger partial charge is 0.0650 e. The van der Waals surface area contributed by atoms with Crippen LogP contribution in [0.25, 0.3) is 0 Å². The van der Waals surface area contributed by atoms with Crippen LogP contribution in [0, 0.1) is 0 Å². The van der Waals surface area contributed by atoms with Crippen molar-refractivity contribution in [3.05, 3.63) is 24.6 Å². The third kappa shape index (κ3) is 6.19. The van der Waals surface area contributed by atoms with Crippen LogP contribution in [0.3, 0.4) is 0 Å². The van der Waals surface area contributed by atoms with E-state index in [2.05, 4.69) is 27.3 Å². The van der Waals surface area contributed by atoms with Crippen LogP contribution in [0.1, 0.15) is 6.42 Å². The zero-order valence-corrected chi connectivity index (χ0v) is 7.84. The van der Waals surface area contributed by atoms with Gasteiger partial charge in [-0.2, -0.15) is 0 Å². The van der Waals surface area contributed by atoms with Crippen LogP contribution >= 0.6 is 0 Å². The summed E-state index contributed by atoms with van der Waals surface area (Å²) >= 11 is 0. The molecule has 0 radical (unpaired) electrons. The normalized spacial score (nSPS) is 20.3. The molecule has 4 N–H and O–H groups in total. The van der Waals surface area contributed by atoms with E-state index in [1.165, 1.54) is 0 Å². The molecule has 0 atom stereocenters. The SMILES string of the molecule is C1=CNCNC1.C1=CNCNCC1. The molecule has 0 amide bonds. The van der Waals surface area contributed by atoms with E-state index in [1.54, 1.807) is 0 Å². The van der Waals surface area contributed by atoms with Crippen LogP contribution in [-0.4, -0.2) is 26.4 Å². The molecule has 0 aromatic carbocycles. The monoisotopic (exact) mass is 182 g/mol. The zero-order valence-electron chi connectivity index (χ0n) is 7.84. The van der Waals surface area contributed by atoms with Gasteiger partial charge in [-0.05, 0) is 18.8 Å². The molecule has 0 saturated carbocycles. The summed E-state index contributed by atoms with van der Waals surface area (Å²) in [6.45, 7) is 3.93. The van der Waals surface area contributed by atoms with E-state index in [4.69, 9.17) is 0 Å². The molecule has 0 fully saturated rings. The second-order valence-corrected chi connectivity index (χ2v) is 2.81. The maximum Gasteiger partial charge on any atom is 0.0650 e. The predicted molar refractivity (Wildman–Crippen MR) is 54.9 cm³/mol. The quantitative estimate of drug-likeness (QED) is 0.415. The van der Waals surface area contributed by atoms with E-state index in [-0.39, 0.29) is 0 Å². The fraction of sp³-hybridized carbons (Fsp3) is 0.556. The van der Waals surface area contributed by atoms with Gasteiger partial charge >= 0.3 is 0 Å². The van der Waals surface area contributed by atoms with E-state index < -0.39 is 0 Å². The van der Waals surface area contributed by atoms with Crippen molar-refractivity contribution in [2.24, 2.45) is 0 Å². The first kappa shape index (κ1) is 10.1. The first-order valence-corrected chi connectivity index (χ1v) is 4.68. The number of nitrogens with one attached hydrogen (secondary N) is 4. The molecule has 0 saturated heterocycles. The highest BCUT2D eigenvalue weighted by Gasteiger charge is 1.84. The highest BCUT2D eigenvalue weighted by molar-refractivity contribution is 4.85. The molecule has 0 bridgehead atoms. The van der Waals surface area contributed by atoms with Crippen LogP contribution in [0.5, 0.6) is 0 Å². The second-order valence-electron chi connectivity index (χ2n) is 2.81. The Morgan fingerprint density at radius 1 is 0.846 bits per heavy atom. The van der Waals surface area contributed by atoms with Crippen molar-refractivity contribution < 1.29 is 0 Å². The van der Waals surface area contributed by atoms with Gasteiger partial charge in [-0.15, -0.1) is 0 Å². The Hall–Kier alpha value is -1.00. The summed E-state index contributed by atoms with van der Waals surface area (Å²) in [6.07, 6.45) is 9.26. The molecule has 0 spiro atoms. The van der Waals surface area contributed by atoms with Crippen molar-refractivity contribution >= 4 is 0 Å². The van der Waals surface area contributed by atoms with Gasteiger partial charge in [0.05, 0.1) is 13.3 Å². The van der Waals surface area contributed by atoms with E-state index in [9.17, 15) is 0 Å². The van der Waals surface area contributed by atoms with Crippen molar-refractivity contribution in [1.29, 1.82) is 0 Å². The van der Waals surface area contributed by atoms with Gasteiger partial charge in [-0.3, -0.25) is 10.6 Å². The third-order valence-electron chi connectivity index (χ3n) is 1.68. The average molecular weight is 182 g/mol. The molecule has 13 heavy (non-hydrogen) atoms. The first-order chi connectivity index (χ1) is 6.50. The summed E-state index contributed by atoms with van der Waals surface area (Å²) in [4.78, 5) is 0. The zero-order chi connectivity index (χ0) is 9.19. The fourth-order valence-corrected chi connectivity index (χ4v) is 1.00. The van der Waals surface area contributed by atoms with E-state index >= 15 is 0 Å². The minimum absolute atomic E-state index is 0.913. The number of rotatable bonds is 0. The van der Waals surface area contributed by atoms with Crippen LogP contribution in [0.4, 0.5) is 0 Å². The van der Waals surface area contributed by atoms with Crippen LogP contribution < -0.4 is 21.3 Å². The van der Waals surface area contributed by atoms with Crippen molar-refractivity contribution in [3.8, 4) is 0 Å². The Bertz CT molecular complexity index is 149. The van der Waals surface area contributed by atoms with Crippen molar-refractivity contribution in [2.45, 2.75) is 6.42 Å². The molecule has 0 aromatic heterocycles. The molecular weight excluding hydrogens is 164 g/mol. The van der Waals surface area contributed by atoms with Gasteiger partial charge in [-0.25, -0.2) is 0 Å². The molecule has 4 nitrogen and oxygen atoms in total. The lowest BCUT2D eigenvalue weighted by molar-refractivity contribution is 0.669. The van der Waals surface area contributed by atoms with Crippen molar-refractivity contribution in [3.63, 3.8) is 0 Å². The fourth-order valence-electron chi connectivity index (χ4n) is 1.00. The second kappa shape index (κ2) is 7.64.